The van der Waals surface area contributed by atoms with E-state index >= 15 is 0 Å². The Balaban J connectivity index is 1.53. The minimum atomic E-state index is -0.152. The lowest BCUT2D eigenvalue weighted by molar-refractivity contribution is -0.114. The summed E-state index contributed by atoms with van der Waals surface area (Å²) in [6.07, 6.45) is 0. The number of hydrogen-bond acceptors (Lipinski definition) is 3. The third-order valence-corrected chi connectivity index (χ3v) is 4.91. The van der Waals surface area contributed by atoms with E-state index in [2.05, 4.69) is 16.0 Å². The van der Waals surface area contributed by atoms with Gasteiger partial charge in [0.05, 0.1) is 12.6 Å². The van der Waals surface area contributed by atoms with Crippen LogP contribution in [0.15, 0.2) is 72.8 Å². The first-order valence-corrected chi connectivity index (χ1v) is 9.99. The smallest absolute Gasteiger partial charge is 0.251 e. The van der Waals surface area contributed by atoms with Gasteiger partial charge in [-0.15, -0.1) is 0 Å². The second-order valence-electron chi connectivity index (χ2n) is 7.40. The van der Waals surface area contributed by atoms with E-state index in [0.29, 0.717) is 11.3 Å². The summed E-state index contributed by atoms with van der Waals surface area (Å²) >= 11 is 0. The average molecular weight is 402 g/mol. The van der Waals surface area contributed by atoms with Gasteiger partial charge >= 0.3 is 0 Å². The first kappa shape index (κ1) is 21.1. The summed E-state index contributed by atoms with van der Waals surface area (Å²) in [4.78, 5) is 24.7. The predicted octanol–water partition coefficient (Wildman–Crippen LogP) is 4.85. The fraction of sp³-hybridized carbons (Fsp3) is 0.200. The Bertz CT molecular complexity index is 1010. The van der Waals surface area contributed by atoms with Crippen LogP contribution in [-0.2, 0) is 4.79 Å². The molecule has 0 saturated carbocycles. The van der Waals surface area contributed by atoms with Crippen LogP contribution >= 0.6 is 0 Å². The number of nitrogens with one attached hydrogen (secondary N) is 3. The molecule has 30 heavy (non-hydrogen) atoms. The van der Waals surface area contributed by atoms with Crippen LogP contribution in [0.25, 0.3) is 0 Å². The van der Waals surface area contributed by atoms with Gasteiger partial charge in [0.2, 0.25) is 5.91 Å². The third kappa shape index (κ3) is 5.70. The minimum absolute atomic E-state index is 0.0887. The minimum Gasteiger partial charge on any atom is -0.376 e. The van der Waals surface area contributed by atoms with Gasteiger partial charge in [0, 0.05) is 16.9 Å². The van der Waals surface area contributed by atoms with Crippen LogP contribution in [-0.4, -0.2) is 18.4 Å². The highest BCUT2D eigenvalue weighted by atomic mass is 16.2. The van der Waals surface area contributed by atoms with Gasteiger partial charge in [-0.1, -0.05) is 42.5 Å². The predicted molar refractivity (Wildman–Crippen MR) is 122 cm³/mol. The maximum Gasteiger partial charge on any atom is 0.251 e. The molecule has 3 N–H and O–H groups in total. The van der Waals surface area contributed by atoms with Gasteiger partial charge in [0.15, 0.2) is 0 Å². The van der Waals surface area contributed by atoms with E-state index in [1.807, 2.05) is 69.3 Å². The molecule has 0 saturated heterocycles. The molecule has 0 bridgehead atoms. The Morgan fingerprint density at radius 1 is 0.900 bits per heavy atom. The maximum absolute atomic E-state index is 12.5. The van der Waals surface area contributed by atoms with Crippen molar-refractivity contribution in [2.24, 2.45) is 0 Å². The molecule has 0 fully saturated rings. The second-order valence-corrected chi connectivity index (χ2v) is 7.40. The molecular formula is C25H27N3O2. The van der Waals surface area contributed by atoms with E-state index in [-0.39, 0.29) is 24.4 Å². The van der Waals surface area contributed by atoms with E-state index in [0.717, 1.165) is 22.4 Å². The lowest BCUT2D eigenvalue weighted by Crippen LogP contribution is -2.26. The fourth-order valence-electron chi connectivity index (χ4n) is 3.12. The summed E-state index contributed by atoms with van der Waals surface area (Å²) in [5.41, 5.74) is 5.42. The van der Waals surface area contributed by atoms with Crippen LogP contribution in [0.4, 0.5) is 11.4 Å². The highest BCUT2D eigenvalue weighted by molar-refractivity contribution is 5.96. The van der Waals surface area contributed by atoms with Crippen molar-refractivity contribution in [3.63, 3.8) is 0 Å². The zero-order valence-corrected chi connectivity index (χ0v) is 17.5. The van der Waals surface area contributed by atoms with Crippen LogP contribution in [0.2, 0.25) is 0 Å². The number of hydrogen-bond donors (Lipinski definition) is 3. The van der Waals surface area contributed by atoms with Gasteiger partial charge in [-0.2, -0.15) is 0 Å². The fourth-order valence-corrected chi connectivity index (χ4v) is 3.12. The quantitative estimate of drug-likeness (QED) is 0.530. The van der Waals surface area contributed by atoms with E-state index in [9.17, 15) is 9.59 Å². The van der Waals surface area contributed by atoms with Crippen molar-refractivity contribution in [2.45, 2.75) is 26.8 Å². The molecule has 0 aliphatic rings. The Hall–Kier alpha value is -3.60. The van der Waals surface area contributed by atoms with Crippen molar-refractivity contribution in [2.75, 3.05) is 17.2 Å². The average Bonchev–Trinajstić information content (AvgIpc) is 2.75. The SMILES string of the molecule is Cc1ccc(C)c(NCC(=O)Nc2ccc(C(=O)NC(C)c3ccccc3)cc2)c1. The molecule has 3 aromatic carbocycles. The molecule has 0 aromatic heterocycles. The summed E-state index contributed by atoms with van der Waals surface area (Å²) in [7, 11) is 0. The molecular weight excluding hydrogens is 374 g/mol. The zero-order chi connectivity index (χ0) is 21.5. The van der Waals surface area contributed by atoms with Gasteiger partial charge in [-0.3, -0.25) is 9.59 Å². The number of carbonyl (C=O) groups excluding carboxylic acids is 2. The number of rotatable bonds is 7. The van der Waals surface area contributed by atoms with E-state index in [1.165, 1.54) is 0 Å². The van der Waals surface area contributed by atoms with Crippen LogP contribution in [0, 0.1) is 13.8 Å². The Kier molecular flexibility index (Phi) is 6.86. The Morgan fingerprint density at radius 3 is 2.30 bits per heavy atom. The van der Waals surface area contributed by atoms with Crippen LogP contribution < -0.4 is 16.0 Å². The number of amides is 2. The van der Waals surface area contributed by atoms with Gasteiger partial charge < -0.3 is 16.0 Å². The monoisotopic (exact) mass is 401 g/mol. The number of carbonyl (C=O) groups is 2. The molecule has 0 heterocycles. The molecule has 3 rings (SSSR count). The molecule has 2 amide bonds. The van der Waals surface area contributed by atoms with Crippen molar-refractivity contribution < 1.29 is 9.59 Å². The number of anilines is 2. The third-order valence-electron chi connectivity index (χ3n) is 4.91. The zero-order valence-electron chi connectivity index (χ0n) is 17.5. The molecule has 0 aliphatic carbocycles. The number of benzene rings is 3. The van der Waals surface area contributed by atoms with Crippen molar-refractivity contribution in [1.29, 1.82) is 0 Å². The van der Waals surface area contributed by atoms with Crippen molar-refractivity contribution in [1.82, 2.24) is 5.32 Å². The Labute approximate surface area is 177 Å². The standard InChI is InChI=1S/C25H27N3O2/c1-17-9-10-18(2)23(15-17)26-16-24(29)28-22-13-11-21(12-14-22)25(30)27-19(3)20-7-5-4-6-8-20/h4-15,19,26H,16H2,1-3H3,(H,27,30)(H,28,29). The molecule has 0 aliphatic heterocycles. The summed E-state index contributed by atoms with van der Waals surface area (Å²) in [5.74, 6) is -0.299. The van der Waals surface area contributed by atoms with Gasteiger partial charge in [0.25, 0.3) is 5.91 Å². The molecule has 5 heteroatoms. The van der Waals surface area contributed by atoms with Crippen molar-refractivity contribution >= 4 is 23.2 Å². The van der Waals surface area contributed by atoms with Crippen LogP contribution in [0.1, 0.15) is 40.0 Å². The molecule has 1 atom stereocenters. The molecule has 0 spiro atoms. The van der Waals surface area contributed by atoms with Crippen LogP contribution in [0.5, 0.6) is 0 Å². The first-order valence-electron chi connectivity index (χ1n) is 9.99. The maximum atomic E-state index is 12.5. The van der Waals surface area contributed by atoms with Crippen LogP contribution in [0.3, 0.4) is 0 Å². The molecule has 154 valence electrons. The molecule has 3 aromatic rings. The summed E-state index contributed by atoms with van der Waals surface area (Å²) in [6, 6.07) is 22.7. The normalized spacial score (nSPS) is 11.4. The first-order chi connectivity index (χ1) is 14.4. The summed E-state index contributed by atoms with van der Waals surface area (Å²) in [5, 5.41) is 8.99. The highest BCUT2D eigenvalue weighted by Crippen LogP contribution is 2.17. The largest absolute Gasteiger partial charge is 0.376 e. The van der Waals surface area contributed by atoms with Gasteiger partial charge in [-0.05, 0) is 67.8 Å². The molecule has 1 unspecified atom stereocenters. The van der Waals surface area contributed by atoms with E-state index in [1.54, 1.807) is 24.3 Å². The van der Waals surface area contributed by atoms with Gasteiger partial charge in [0.1, 0.15) is 0 Å². The lowest BCUT2D eigenvalue weighted by Gasteiger charge is -2.14. The van der Waals surface area contributed by atoms with Gasteiger partial charge in [-0.25, -0.2) is 0 Å². The van der Waals surface area contributed by atoms with E-state index < -0.39 is 0 Å². The Morgan fingerprint density at radius 2 is 1.60 bits per heavy atom. The lowest BCUT2D eigenvalue weighted by atomic mass is 10.1. The molecule has 0 radical (unpaired) electrons. The highest BCUT2D eigenvalue weighted by Gasteiger charge is 2.11. The van der Waals surface area contributed by atoms with E-state index in [4.69, 9.17) is 0 Å². The number of aryl methyl sites for hydroxylation is 2. The van der Waals surface area contributed by atoms with Crippen molar-refractivity contribution in [3.8, 4) is 0 Å². The topological polar surface area (TPSA) is 70.2 Å². The summed E-state index contributed by atoms with van der Waals surface area (Å²) < 4.78 is 0. The molecule has 5 nitrogen and oxygen atoms in total. The summed E-state index contributed by atoms with van der Waals surface area (Å²) in [6.45, 7) is 6.14. The second kappa shape index (κ2) is 9.74. The van der Waals surface area contributed by atoms with Crippen molar-refractivity contribution in [3.05, 3.63) is 95.1 Å².